The first-order chi connectivity index (χ1) is 13.4. The molecule has 1 aromatic rings. The third-order valence-electron chi connectivity index (χ3n) is 4.27. The van der Waals surface area contributed by atoms with E-state index in [-0.39, 0.29) is 23.5 Å². The number of thioether (sulfide) groups is 2. The van der Waals surface area contributed by atoms with Gasteiger partial charge in [0.15, 0.2) is 0 Å². The van der Waals surface area contributed by atoms with Crippen molar-refractivity contribution in [3.8, 4) is 0 Å². The zero-order valence-corrected chi connectivity index (χ0v) is 17.3. The van der Waals surface area contributed by atoms with Gasteiger partial charge in [-0.1, -0.05) is 11.8 Å². The fourth-order valence-corrected chi connectivity index (χ4v) is 4.52. The molecule has 28 heavy (non-hydrogen) atoms. The predicted molar refractivity (Wildman–Crippen MR) is 113 cm³/mol. The third-order valence-corrected chi connectivity index (χ3v) is 6.37. The van der Waals surface area contributed by atoms with E-state index in [0.29, 0.717) is 22.8 Å². The normalized spacial score (nSPS) is 18.4. The number of ether oxygens (including phenoxy) is 1. The van der Waals surface area contributed by atoms with Crippen molar-refractivity contribution >= 4 is 57.9 Å². The Balaban J connectivity index is 1.48. The molecule has 0 aromatic heterocycles. The van der Waals surface area contributed by atoms with Gasteiger partial charge in [-0.2, -0.15) is 4.99 Å². The molecule has 0 radical (unpaired) electrons. The summed E-state index contributed by atoms with van der Waals surface area (Å²) >= 11 is 2.86. The van der Waals surface area contributed by atoms with Gasteiger partial charge < -0.3 is 10.1 Å². The van der Waals surface area contributed by atoms with Crippen LogP contribution in [0.25, 0.3) is 0 Å². The number of nitrogens with one attached hydrogen (secondary N) is 1. The number of carbonyl (C=O) groups is 3. The predicted octanol–water partition coefficient (Wildman–Crippen LogP) is 3.14. The lowest BCUT2D eigenvalue weighted by molar-refractivity contribution is -0.118. The van der Waals surface area contributed by atoms with Crippen LogP contribution in [0.3, 0.4) is 0 Å². The highest BCUT2D eigenvalue weighted by Crippen LogP contribution is 2.40. The second-order valence-corrected chi connectivity index (χ2v) is 8.42. The number of benzene rings is 1. The number of rotatable bonds is 6. The second kappa shape index (κ2) is 8.74. The number of fused-ring (bicyclic) bond motifs is 1. The van der Waals surface area contributed by atoms with E-state index in [4.69, 9.17) is 0 Å². The number of hydrogen-bond donors (Lipinski definition) is 1. The highest BCUT2D eigenvalue weighted by Gasteiger charge is 2.36. The molecule has 0 fully saturated rings. The molecule has 2 aliphatic heterocycles. The van der Waals surface area contributed by atoms with Crippen LogP contribution in [-0.2, 0) is 14.3 Å². The first-order valence-electron chi connectivity index (χ1n) is 8.50. The van der Waals surface area contributed by atoms with Crippen molar-refractivity contribution in [2.24, 2.45) is 15.9 Å². The molecule has 2 aliphatic rings. The largest absolute Gasteiger partial charge is 0.465 e. The molecule has 7 nitrogen and oxygen atoms in total. The van der Waals surface area contributed by atoms with Gasteiger partial charge in [0.2, 0.25) is 5.91 Å². The van der Waals surface area contributed by atoms with E-state index in [2.05, 4.69) is 20.0 Å². The SMILES string of the molecule is COC(=O)c1ccc(NC(=O)CSCC2=NC(=O)C3C(=N2)SC(C)=C3C)cc1. The van der Waals surface area contributed by atoms with Crippen molar-refractivity contribution in [1.82, 2.24) is 0 Å². The summed E-state index contributed by atoms with van der Waals surface area (Å²) in [6.45, 7) is 3.91. The monoisotopic (exact) mass is 417 g/mol. The maximum absolute atomic E-state index is 12.2. The van der Waals surface area contributed by atoms with Crippen molar-refractivity contribution in [2.45, 2.75) is 13.8 Å². The van der Waals surface area contributed by atoms with E-state index in [1.807, 2.05) is 13.8 Å². The fourth-order valence-electron chi connectivity index (χ4n) is 2.71. The van der Waals surface area contributed by atoms with E-state index in [1.54, 1.807) is 24.3 Å². The minimum absolute atomic E-state index is 0.183. The number of nitrogens with zero attached hydrogens (tertiary/aromatic N) is 2. The Kier molecular flexibility index (Phi) is 6.35. The van der Waals surface area contributed by atoms with Gasteiger partial charge in [0.05, 0.1) is 29.2 Å². The van der Waals surface area contributed by atoms with Gasteiger partial charge in [-0.3, -0.25) is 9.59 Å². The van der Waals surface area contributed by atoms with E-state index >= 15 is 0 Å². The Morgan fingerprint density at radius 1 is 1.21 bits per heavy atom. The van der Waals surface area contributed by atoms with Crippen LogP contribution < -0.4 is 5.32 Å². The maximum atomic E-state index is 12.2. The van der Waals surface area contributed by atoms with Crippen molar-refractivity contribution < 1.29 is 19.1 Å². The molecule has 1 unspecified atom stereocenters. The van der Waals surface area contributed by atoms with Gasteiger partial charge in [-0.05, 0) is 48.6 Å². The molecule has 0 bridgehead atoms. The number of methoxy groups -OCH3 is 1. The minimum atomic E-state index is -0.430. The lowest BCUT2D eigenvalue weighted by Gasteiger charge is -2.14. The van der Waals surface area contributed by atoms with E-state index in [1.165, 1.54) is 30.6 Å². The van der Waals surface area contributed by atoms with Crippen LogP contribution >= 0.6 is 23.5 Å². The Bertz CT molecular complexity index is 920. The Hall–Kier alpha value is -2.39. The first-order valence-corrected chi connectivity index (χ1v) is 10.5. The lowest BCUT2D eigenvalue weighted by atomic mass is 10.0. The summed E-state index contributed by atoms with van der Waals surface area (Å²) in [5.74, 6) is -0.0909. The van der Waals surface area contributed by atoms with Crippen molar-refractivity contribution in [3.05, 3.63) is 40.3 Å². The summed E-state index contributed by atoms with van der Waals surface area (Å²) < 4.78 is 4.63. The van der Waals surface area contributed by atoms with Gasteiger partial charge >= 0.3 is 5.97 Å². The molecule has 0 saturated carbocycles. The van der Waals surface area contributed by atoms with E-state index < -0.39 is 5.97 Å². The van der Waals surface area contributed by atoms with Gasteiger partial charge in [0, 0.05) is 5.69 Å². The molecule has 146 valence electrons. The van der Waals surface area contributed by atoms with Gasteiger partial charge in [-0.15, -0.1) is 11.8 Å². The van der Waals surface area contributed by atoms with Gasteiger partial charge in [-0.25, -0.2) is 9.79 Å². The number of hydrogen-bond acceptors (Lipinski definition) is 7. The van der Waals surface area contributed by atoms with Crippen molar-refractivity contribution in [1.29, 1.82) is 0 Å². The van der Waals surface area contributed by atoms with Gasteiger partial charge in [0.1, 0.15) is 11.8 Å². The maximum Gasteiger partial charge on any atom is 0.337 e. The zero-order valence-electron chi connectivity index (χ0n) is 15.6. The number of amides is 2. The smallest absolute Gasteiger partial charge is 0.337 e. The standard InChI is InChI=1S/C19H19N3O4S2/c1-10-11(2)28-18-16(10)17(24)21-14(22-18)8-27-9-15(23)20-13-6-4-12(5-7-13)19(25)26-3/h4-7,16H,8-9H2,1-3H3,(H,20,23). The number of aliphatic imine (C=N–C) groups is 2. The molecular formula is C19H19N3O4S2. The van der Waals surface area contributed by atoms with E-state index in [9.17, 15) is 14.4 Å². The third kappa shape index (κ3) is 4.53. The number of anilines is 1. The molecular weight excluding hydrogens is 398 g/mol. The molecule has 2 amide bonds. The number of allylic oxidation sites excluding steroid dienone is 1. The summed E-state index contributed by atoms with van der Waals surface area (Å²) in [6, 6.07) is 6.45. The van der Waals surface area contributed by atoms with Crippen LogP contribution in [0, 0.1) is 5.92 Å². The van der Waals surface area contributed by atoms with Crippen LogP contribution in [0.5, 0.6) is 0 Å². The number of esters is 1. The summed E-state index contributed by atoms with van der Waals surface area (Å²) in [4.78, 5) is 45.4. The average molecular weight is 418 g/mol. The van der Waals surface area contributed by atoms with Crippen LogP contribution in [0.15, 0.2) is 44.7 Å². The molecule has 0 spiro atoms. The van der Waals surface area contributed by atoms with Crippen molar-refractivity contribution in [3.63, 3.8) is 0 Å². The molecule has 1 atom stereocenters. The Morgan fingerprint density at radius 3 is 2.61 bits per heavy atom. The molecule has 3 rings (SSSR count). The molecule has 1 N–H and O–H groups in total. The highest BCUT2D eigenvalue weighted by molar-refractivity contribution is 8.17. The van der Waals surface area contributed by atoms with Crippen LogP contribution in [0.1, 0.15) is 24.2 Å². The topological polar surface area (TPSA) is 97.2 Å². The van der Waals surface area contributed by atoms with Gasteiger partial charge in [0.25, 0.3) is 5.91 Å². The van der Waals surface area contributed by atoms with Crippen LogP contribution in [-0.4, -0.2) is 47.3 Å². The molecule has 2 heterocycles. The highest BCUT2D eigenvalue weighted by atomic mass is 32.2. The number of amidine groups is 1. The summed E-state index contributed by atoms with van der Waals surface area (Å²) in [6.07, 6.45) is 0. The second-order valence-electron chi connectivity index (χ2n) is 6.20. The molecule has 0 saturated heterocycles. The first kappa shape index (κ1) is 20.3. The number of carbonyl (C=O) groups excluding carboxylic acids is 3. The minimum Gasteiger partial charge on any atom is -0.465 e. The molecule has 9 heteroatoms. The summed E-state index contributed by atoms with van der Waals surface area (Å²) in [5, 5.41) is 3.53. The lowest BCUT2D eigenvalue weighted by Crippen LogP contribution is -2.26. The van der Waals surface area contributed by atoms with E-state index in [0.717, 1.165) is 15.5 Å². The average Bonchev–Trinajstić information content (AvgIpc) is 2.96. The van der Waals surface area contributed by atoms with Crippen molar-refractivity contribution in [2.75, 3.05) is 23.9 Å². The van der Waals surface area contributed by atoms with Crippen LogP contribution in [0.4, 0.5) is 5.69 Å². The Labute approximate surface area is 171 Å². The summed E-state index contributed by atoms with van der Waals surface area (Å²) in [5.41, 5.74) is 2.02. The van der Waals surface area contributed by atoms with Crippen LogP contribution in [0.2, 0.25) is 0 Å². The zero-order chi connectivity index (χ0) is 20.3. The fraction of sp³-hybridized carbons (Fsp3) is 0.316. The summed E-state index contributed by atoms with van der Waals surface area (Å²) in [7, 11) is 1.31. The molecule has 1 aromatic carbocycles. The molecule has 0 aliphatic carbocycles. The Morgan fingerprint density at radius 2 is 1.93 bits per heavy atom. The quantitative estimate of drug-likeness (QED) is 0.714.